The van der Waals surface area contributed by atoms with E-state index in [1.807, 2.05) is 36.6 Å². The molecule has 0 nitrogen and oxygen atoms in total. The van der Waals surface area contributed by atoms with E-state index in [1.165, 1.54) is 0 Å². The highest BCUT2D eigenvalue weighted by molar-refractivity contribution is 7.11. The Morgan fingerprint density at radius 1 is 1.12 bits per heavy atom. The van der Waals surface area contributed by atoms with Crippen molar-refractivity contribution in [3.05, 3.63) is 55.7 Å². The van der Waals surface area contributed by atoms with Gasteiger partial charge < -0.3 is 0 Å². The molecule has 0 saturated carbocycles. The summed E-state index contributed by atoms with van der Waals surface area (Å²) >= 11 is 20.1. The summed E-state index contributed by atoms with van der Waals surface area (Å²) in [7, 11) is 0. The van der Waals surface area contributed by atoms with Crippen molar-refractivity contribution in [3.8, 4) is 0 Å². The molecule has 0 aliphatic rings. The summed E-state index contributed by atoms with van der Waals surface area (Å²) in [5.41, 5.74) is 2.02. The quantitative estimate of drug-likeness (QED) is 0.623. The first kappa shape index (κ1) is 12.3. The van der Waals surface area contributed by atoms with Gasteiger partial charge in [0, 0.05) is 9.90 Å². The number of halogens is 3. The van der Waals surface area contributed by atoms with Crippen molar-refractivity contribution in [2.45, 2.75) is 12.3 Å². The SMILES string of the molecule is Cc1ccc(C(Cl)c2sccc2Cl)c(Cl)c1. The van der Waals surface area contributed by atoms with E-state index in [0.717, 1.165) is 16.0 Å². The molecule has 0 aliphatic carbocycles. The van der Waals surface area contributed by atoms with Crippen LogP contribution in [0.25, 0.3) is 0 Å². The van der Waals surface area contributed by atoms with Gasteiger partial charge in [-0.3, -0.25) is 0 Å². The Bertz CT molecular complexity index is 505. The maximum Gasteiger partial charge on any atom is 0.0957 e. The van der Waals surface area contributed by atoms with Crippen LogP contribution >= 0.6 is 46.1 Å². The largest absolute Gasteiger partial charge is 0.145 e. The van der Waals surface area contributed by atoms with Crippen molar-refractivity contribution in [2.75, 3.05) is 0 Å². The van der Waals surface area contributed by atoms with Crippen molar-refractivity contribution in [3.63, 3.8) is 0 Å². The summed E-state index contributed by atoms with van der Waals surface area (Å²) < 4.78 is 0. The Hall–Kier alpha value is -0.210. The van der Waals surface area contributed by atoms with Gasteiger partial charge in [0.15, 0.2) is 0 Å². The van der Waals surface area contributed by atoms with Gasteiger partial charge in [-0.2, -0.15) is 0 Å². The number of alkyl halides is 1. The summed E-state index contributed by atoms with van der Waals surface area (Å²) in [5, 5.41) is 3.03. The van der Waals surface area contributed by atoms with Crippen molar-refractivity contribution >= 4 is 46.1 Å². The third-order valence-electron chi connectivity index (χ3n) is 2.30. The van der Waals surface area contributed by atoms with Crippen LogP contribution in [-0.4, -0.2) is 0 Å². The normalized spacial score (nSPS) is 12.8. The Balaban J connectivity index is 2.41. The third kappa shape index (κ3) is 2.38. The molecule has 0 aliphatic heterocycles. The van der Waals surface area contributed by atoms with Crippen LogP contribution < -0.4 is 0 Å². The zero-order valence-corrected chi connectivity index (χ0v) is 11.6. The van der Waals surface area contributed by atoms with Gasteiger partial charge in [-0.1, -0.05) is 35.3 Å². The number of rotatable bonds is 2. The predicted molar refractivity (Wildman–Crippen MR) is 73.2 cm³/mol. The van der Waals surface area contributed by atoms with E-state index >= 15 is 0 Å². The fourth-order valence-corrected chi connectivity index (χ4v) is 3.54. The van der Waals surface area contributed by atoms with Gasteiger partial charge in [0.05, 0.1) is 10.4 Å². The topological polar surface area (TPSA) is 0 Å². The second kappa shape index (κ2) is 4.97. The highest BCUT2D eigenvalue weighted by atomic mass is 35.5. The molecule has 16 heavy (non-hydrogen) atoms. The van der Waals surface area contributed by atoms with Crippen LogP contribution in [0.15, 0.2) is 29.6 Å². The Morgan fingerprint density at radius 3 is 2.44 bits per heavy atom. The van der Waals surface area contributed by atoms with Gasteiger partial charge in [0.25, 0.3) is 0 Å². The van der Waals surface area contributed by atoms with Crippen LogP contribution in [0.1, 0.15) is 21.4 Å². The maximum absolute atomic E-state index is 6.38. The Morgan fingerprint density at radius 2 is 1.88 bits per heavy atom. The van der Waals surface area contributed by atoms with Crippen LogP contribution in [0.5, 0.6) is 0 Å². The smallest absolute Gasteiger partial charge is 0.0957 e. The van der Waals surface area contributed by atoms with E-state index < -0.39 is 0 Å². The first-order chi connectivity index (χ1) is 7.59. The van der Waals surface area contributed by atoms with Gasteiger partial charge in [0.1, 0.15) is 0 Å². The molecule has 0 saturated heterocycles. The molecule has 0 spiro atoms. The highest BCUT2D eigenvalue weighted by Gasteiger charge is 2.18. The number of hydrogen-bond acceptors (Lipinski definition) is 1. The predicted octanol–water partition coefficient (Wildman–Crippen LogP) is 5.69. The molecular weight excluding hydrogens is 283 g/mol. The van der Waals surface area contributed by atoms with E-state index in [0.29, 0.717) is 10.0 Å². The number of hydrogen-bond donors (Lipinski definition) is 0. The maximum atomic E-state index is 6.38. The van der Waals surface area contributed by atoms with E-state index in [-0.39, 0.29) is 5.38 Å². The lowest BCUT2D eigenvalue weighted by atomic mass is 10.1. The van der Waals surface area contributed by atoms with Gasteiger partial charge in [-0.25, -0.2) is 0 Å². The van der Waals surface area contributed by atoms with Gasteiger partial charge in [0.2, 0.25) is 0 Å². The van der Waals surface area contributed by atoms with Gasteiger partial charge in [-0.05, 0) is 35.6 Å². The first-order valence-electron chi connectivity index (χ1n) is 4.72. The summed E-state index contributed by atoms with van der Waals surface area (Å²) in [6.45, 7) is 2.00. The zero-order chi connectivity index (χ0) is 11.7. The molecule has 0 amide bonds. The standard InChI is InChI=1S/C12H9Cl3S/c1-7-2-3-8(10(14)6-7)11(15)12-9(13)4-5-16-12/h2-6,11H,1H3. The second-order valence-electron chi connectivity index (χ2n) is 3.52. The Kier molecular flexibility index (Phi) is 3.81. The molecule has 84 valence electrons. The lowest BCUT2D eigenvalue weighted by Crippen LogP contribution is -1.92. The number of benzene rings is 1. The number of thiophene rings is 1. The molecule has 2 aromatic rings. The van der Waals surface area contributed by atoms with Gasteiger partial charge >= 0.3 is 0 Å². The van der Waals surface area contributed by atoms with Crippen molar-refractivity contribution in [1.82, 2.24) is 0 Å². The molecule has 4 heteroatoms. The van der Waals surface area contributed by atoms with Crippen LogP contribution in [0.2, 0.25) is 10.0 Å². The lowest BCUT2D eigenvalue weighted by molar-refractivity contribution is 1.18. The molecule has 1 atom stereocenters. The minimum atomic E-state index is -0.277. The Labute approximate surface area is 114 Å². The second-order valence-corrected chi connectivity index (χ2v) is 5.72. The van der Waals surface area contributed by atoms with Crippen LogP contribution in [0, 0.1) is 6.92 Å². The zero-order valence-electron chi connectivity index (χ0n) is 8.51. The fourth-order valence-electron chi connectivity index (χ4n) is 1.47. The van der Waals surface area contributed by atoms with Gasteiger partial charge in [-0.15, -0.1) is 22.9 Å². The molecular formula is C12H9Cl3S. The first-order valence-corrected chi connectivity index (χ1v) is 6.80. The van der Waals surface area contributed by atoms with Crippen molar-refractivity contribution < 1.29 is 0 Å². The average molecular weight is 292 g/mol. The van der Waals surface area contributed by atoms with Crippen LogP contribution in [-0.2, 0) is 0 Å². The molecule has 2 rings (SSSR count). The molecule has 0 bridgehead atoms. The van der Waals surface area contributed by atoms with E-state index in [9.17, 15) is 0 Å². The molecule has 0 radical (unpaired) electrons. The van der Waals surface area contributed by atoms with E-state index in [4.69, 9.17) is 34.8 Å². The summed E-state index contributed by atoms with van der Waals surface area (Å²) in [6.07, 6.45) is 0. The van der Waals surface area contributed by atoms with Crippen molar-refractivity contribution in [2.24, 2.45) is 0 Å². The highest BCUT2D eigenvalue weighted by Crippen LogP contribution is 2.40. The molecule has 1 heterocycles. The monoisotopic (exact) mass is 290 g/mol. The van der Waals surface area contributed by atoms with E-state index in [2.05, 4.69) is 0 Å². The summed E-state index contributed by atoms with van der Waals surface area (Å²) in [5.74, 6) is 0. The molecule has 1 aromatic carbocycles. The molecule has 1 aromatic heterocycles. The summed E-state index contributed by atoms with van der Waals surface area (Å²) in [6, 6.07) is 7.70. The molecule has 0 N–H and O–H groups in total. The fraction of sp³-hybridized carbons (Fsp3) is 0.167. The van der Waals surface area contributed by atoms with Crippen molar-refractivity contribution in [1.29, 1.82) is 0 Å². The minimum absolute atomic E-state index is 0.277. The molecule has 0 fully saturated rings. The third-order valence-corrected chi connectivity index (χ3v) is 4.64. The van der Waals surface area contributed by atoms with Crippen LogP contribution in [0.3, 0.4) is 0 Å². The van der Waals surface area contributed by atoms with E-state index in [1.54, 1.807) is 11.3 Å². The average Bonchev–Trinajstić information content (AvgIpc) is 2.63. The number of aryl methyl sites for hydroxylation is 1. The lowest BCUT2D eigenvalue weighted by Gasteiger charge is -2.11. The minimum Gasteiger partial charge on any atom is -0.145 e. The van der Waals surface area contributed by atoms with Crippen LogP contribution in [0.4, 0.5) is 0 Å². The summed E-state index contributed by atoms with van der Waals surface area (Å²) in [4.78, 5) is 0.939. The molecule has 1 unspecified atom stereocenters.